The Balaban J connectivity index is 1.43. The van der Waals surface area contributed by atoms with E-state index in [0.29, 0.717) is 31.2 Å². The van der Waals surface area contributed by atoms with E-state index < -0.39 is 64.6 Å². The Kier molecular flexibility index (Phi) is 11.6. The molecule has 3 aliphatic rings. The molecule has 1 aromatic heterocycles. The molecule has 2 amide bonds. The quantitative estimate of drug-likeness (QED) is 0.159. The number of nitrogens with one attached hydrogen (secondary N) is 1. The van der Waals surface area contributed by atoms with Crippen LogP contribution in [-0.2, 0) is 25.7 Å². The number of hydrogen-bond acceptors (Lipinski definition) is 9. The van der Waals surface area contributed by atoms with Crippen LogP contribution in [0.3, 0.4) is 0 Å². The number of benzene rings is 1. The van der Waals surface area contributed by atoms with Gasteiger partial charge in [-0.3, -0.25) is 19.2 Å². The van der Waals surface area contributed by atoms with Crippen molar-refractivity contribution in [3.8, 4) is 5.75 Å². The second kappa shape index (κ2) is 15.8. The number of ether oxygens (including phenoxy) is 3. The number of pyridine rings is 1. The molecule has 0 aliphatic carbocycles. The van der Waals surface area contributed by atoms with Gasteiger partial charge in [0.2, 0.25) is 23.9 Å². The van der Waals surface area contributed by atoms with Gasteiger partial charge in [-0.15, -0.1) is 0 Å². The minimum absolute atomic E-state index is 0.00304. The Bertz CT molecular complexity index is 1650. The lowest BCUT2D eigenvalue weighted by Gasteiger charge is -2.42. The molecule has 0 radical (unpaired) electrons. The number of fused-ring (bicyclic) bond motifs is 5. The third-order valence-corrected chi connectivity index (χ3v) is 9.61. The molecule has 49 heavy (non-hydrogen) atoms. The van der Waals surface area contributed by atoms with Gasteiger partial charge in [0.25, 0.3) is 11.8 Å². The van der Waals surface area contributed by atoms with E-state index in [1.165, 1.54) is 36.8 Å². The van der Waals surface area contributed by atoms with Gasteiger partial charge < -0.3 is 33.8 Å². The highest BCUT2D eigenvalue weighted by atomic mass is 19.1. The number of methoxy groups -OCH3 is 1. The van der Waals surface area contributed by atoms with Crippen LogP contribution in [0, 0.1) is 11.6 Å². The van der Waals surface area contributed by atoms with Crippen LogP contribution in [-0.4, -0.2) is 65.2 Å². The number of rotatable bonds is 14. The van der Waals surface area contributed by atoms with Gasteiger partial charge >= 0.3 is 5.97 Å². The molecule has 2 bridgehead atoms. The Morgan fingerprint density at radius 1 is 1.12 bits per heavy atom. The molecule has 1 N–H and O–H groups in total. The molecule has 3 aliphatic heterocycles. The van der Waals surface area contributed by atoms with Gasteiger partial charge in [0.05, 0.1) is 19.6 Å². The highest BCUT2D eigenvalue weighted by molar-refractivity contribution is 5.99. The lowest BCUT2D eigenvalue weighted by atomic mass is 9.85. The number of esters is 1. The van der Waals surface area contributed by atoms with Crippen LogP contribution >= 0.6 is 0 Å². The Labute approximate surface area is 283 Å². The average Bonchev–Trinajstić information content (AvgIpc) is 3.46. The van der Waals surface area contributed by atoms with Gasteiger partial charge in [0.15, 0.2) is 11.3 Å². The molecule has 0 saturated carbocycles. The topological polar surface area (TPSA) is 138 Å². The maximum absolute atomic E-state index is 14.3. The monoisotopic (exact) mass is 686 g/mol. The number of aromatic nitrogens is 1. The molecule has 1 saturated heterocycles. The molecule has 12 nitrogen and oxygen atoms in total. The normalized spacial score (nSPS) is 21.0. The van der Waals surface area contributed by atoms with Crippen LogP contribution in [0.5, 0.6) is 5.75 Å². The fourth-order valence-corrected chi connectivity index (χ4v) is 6.70. The molecule has 3 atom stereocenters. The number of hydrogen-bond donors (Lipinski definition) is 1. The molecular weight excluding hydrogens is 642 g/mol. The van der Waals surface area contributed by atoms with Gasteiger partial charge in [0.1, 0.15) is 17.2 Å². The molecule has 1 spiro atoms. The molecule has 5 rings (SSSR count). The average molecular weight is 687 g/mol. The first-order valence-corrected chi connectivity index (χ1v) is 17.0. The SMILES string of the molecule is CCCCCCCCCC(=O)OCOc1c2n(cc(C(=O)NCc3ccc(F)cc3F)c1=O)[C@@H]1CN(C2=O)[C@@H](C)CC[C@]12CC(OC)=NO2. The summed E-state index contributed by atoms with van der Waals surface area (Å²) in [4.78, 5) is 61.6. The Morgan fingerprint density at radius 3 is 2.59 bits per heavy atom. The largest absolute Gasteiger partial charge is 0.482 e. The van der Waals surface area contributed by atoms with Gasteiger partial charge in [-0.2, -0.15) is 0 Å². The number of unbranched alkanes of at least 4 members (excludes halogenated alkanes) is 6. The number of halogens is 2. The number of oxime groups is 1. The van der Waals surface area contributed by atoms with E-state index in [4.69, 9.17) is 19.0 Å². The van der Waals surface area contributed by atoms with Crippen molar-refractivity contribution in [3.63, 3.8) is 0 Å². The van der Waals surface area contributed by atoms with Crippen molar-refractivity contribution in [1.29, 1.82) is 0 Å². The third kappa shape index (κ3) is 7.88. The molecule has 1 aromatic carbocycles. The minimum Gasteiger partial charge on any atom is -0.482 e. The highest BCUT2D eigenvalue weighted by Crippen LogP contribution is 2.46. The summed E-state index contributed by atoms with van der Waals surface area (Å²) in [5.41, 5.74) is -2.39. The van der Waals surface area contributed by atoms with Crippen molar-refractivity contribution in [2.75, 3.05) is 20.4 Å². The van der Waals surface area contributed by atoms with Crippen LogP contribution in [0.1, 0.15) is 117 Å². The molecule has 266 valence electrons. The van der Waals surface area contributed by atoms with E-state index >= 15 is 0 Å². The lowest BCUT2D eigenvalue weighted by molar-refractivity contribution is -0.150. The van der Waals surface area contributed by atoms with Crippen molar-refractivity contribution in [2.24, 2.45) is 5.16 Å². The second-order valence-corrected chi connectivity index (χ2v) is 12.9. The summed E-state index contributed by atoms with van der Waals surface area (Å²) in [5, 5.41) is 6.62. The van der Waals surface area contributed by atoms with E-state index in [-0.39, 0.29) is 43.2 Å². The van der Waals surface area contributed by atoms with Gasteiger partial charge in [-0.25, -0.2) is 8.78 Å². The smallest absolute Gasteiger partial charge is 0.308 e. The zero-order valence-corrected chi connectivity index (χ0v) is 28.2. The standard InChI is InChI=1S/C35H44F2N4O8/c1-4-5-6-7-8-9-10-11-29(42)47-21-48-32-30-34(45)40-20-27(35(15-14-22(40)2)17-28(46-3)39-49-35)41(30)19-25(31(32)43)33(44)38-18-23-12-13-24(36)16-26(23)37/h12-13,16,19,22,27H,4-11,14-15,17-18,20-21H2,1-3H3,(H,38,44)/t22-,27+,35-/m0/s1. The zero-order chi connectivity index (χ0) is 35.1. The summed E-state index contributed by atoms with van der Waals surface area (Å²) in [6.07, 6.45) is 9.96. The van der Waals surface area contributed by atoms with Crippen LogP contribution in [0.2, 0.25) is 0 Å². The Hall–Kier alpha value is -4.49. The molecular formula is C35H44F2N4O8. The first kappa shape index (κ1) is 35.8. The molecule has 2 aromatic rings. The molecule has 0 unspecified atom stereocenters. The van der Waals surface area contributed by atoms with Crippen molar-refractivity contribution in [3.05, 3.63) is 63.1 Å². The molecule has 14 heteroatoms. The number of amides is 2. The summed E-state index contributed by atoms with van der Waals surface area (Å²) in [5.74, 6) is -3.62. The number of nitrogens with zero attached hydrogens (tertiary/aromatic N) is 3. The first-order chi connectivity index (χ1) is 23.6. The predicted octanol–water partition coefficient (Wildman–Crippen LogP) is 5.37. The fourth-order valence-electron chi connectivity index (χ4n) is 6.70. The number of carbonyl (C=O) groups is 3. The fraction of sp³-hybridized carbons (Fsp3) is 0.571. The van der Waals surface area contributed by atoms with Crippen LogP contribution in [0.15, 0.2) is 34.3 Å². The van der Waals surface area contributed by atoms with Crippen molar-refractivity contribution < 1.29 is 42.2 Å². The summed E-state index contributed by atoms with van der Waals surface area (Å²) in [6, 6.07) is 2.09. The highest BCUT2D eigenvalue weighted by Gasteiger charge is 2.55. The first-order valence-electron chi connectivity index (χ1n) is 17.0. The molecule has 4 heterocycles. The summed E-state index contributed by atoms with van der Waals surface area (Å²) in [6.45, 7) is 3.24. The lowest BCUT2D eigenvalue weighted by Crippen LogP contribution is -2.52. The minimum atomic E-state index is -0.968. The Morgan fingerprint density at radius 2 is 1.88 bits per heavy atom. The van der Waals surface area contributed by atoms with Gasteiger partial charge in [-0.1, -0.05) is 56.7 Å². The van der Waals surface area contributed by atoms with Crippen molar-refractivity contribution in [2.45, 2.75) is 109 Å². The van der Waals surface area contributed by atoms with Gasteiger partial charge in [-0.05, 0) is 32.3 Å². The summed E-state index contributed by atoms with van der Waals surface area (Å²) < 4.78 is 45.7. The van der Waals surface area contributed by atoms with E-state index in [1.54, 1.807) is 4.90 Å². The third-order valence-electron chi connectivity index (χ3n) is 9.61. The summed E-state index contributed by atoms with van der Waals surface area (Å²) >= 11 is 0. The predicted molar refractivity (Wildman–Crippen MR) is 174 cm³/mol. The van der Waals surface area contributed by atoms with E-state index in [2.05, 4.69) is 17.4 Å². The van der Waals surface area contributed by atoms with Crippen molar-refractivity contribution >= 4 is 23.7 Å². The zero-order valence-electron chi connectivity index (χ0n) is 28.2. The van der Waals surface area contributed by atoms with Crippen LogP contribution in [0.25, 0.3) is 0 Å². The van der Waals surface area contributed by atoms with Gasteiger partial charge in [0, 0.05) is 43.4 Å². The van der Waals surface area contributed by atoms with E-state index in [9.17, 15) is 28.0 Å². The van der Waals surface area contributed by atoms with Crippen LogP contribution < -0.4 is 15.5 Å². The van der Waals surface area contributed by atoms with E-state index in [1.807, 2.05) is 6.92 Å². The maximum atomic E-state index is 14.3. The number of carbonyl (C=O) groups excluding carboxylic acids is 3. The van der Waals surface area contributed by atoms with Crippen LogP contribution in [0.4, 0.5) is 8.78 Å². The maximum Gasteiger partial charge on any atom is 0.308 e. The molecule has 1 fully saturated rings. The second-order valence-electron chi connectivity index (χ2n) is 12.9. The van der Waals surface area contributed by atoms with E-state index in [0.717, 1.165) is 31.7 Å². The van der Waals surface area contributed by atoms with Crippen molar-refractivity contribution in [1.82, 2.24) is 14.8 Å². The summed E-state index contributed by atoms with van der Waals surface area (Å²) in [7, 11) is 1.48.